The van der Waals surface area contributed by atoms with E-state index in [0.29, 0.717) is 11.8 Å². The van der Waals surface area contributed by atoms with Gasteiger partial charge in [0.15, 0.2) is 0 Å². The van der Waals surface area contributed by atoms with E-state index in [-0.39, 0.29) is 0 Å². The van der Waals surface area contributed by atoms with E-state index in [1.54, 1.807) is 12.4 Å². The molecule has 0 unspecified atom stereocenters. The van der Waals surface area contributed by atoms with Gasteiger partial charge in [0.25, 0.3) is 0 Å². The van der Waals surface area contributed by atoms with E-state index in [0.717, 1.165) is 27.9 Å². The number of hydrogen-bond donors (Lipinski definition) is 0. The Morgan fingerprint density at radius 2 is 2.00 bits per heavy atom. The molecule has 3 nitrogen and oxygen atoms in total. The van der Waals surface area contributed by atoms with Gasteiger partial charge in [-0.05, 0) is 35.7 Å². The third kappa shape index (κ3) is 3.21. The van der Waals surface area contributed by atoms with Gasteiger partial charge in [-0.15, -0.1) is 0 Å². The molecule has 1 aromatic carbocycles. The first-order chi connectivity index (χ1) is 8.72. The number of nitrogens with zero attached hydrogens (tertiary/aromatic N) is 2. The van der Waals surface area contributed by atoms with Crippen LogP contribution in [-0.4, -0.2) is 9.97 Å². The van der Waals surface area contributed by atoms with Crippen molar-refractivity contribution in [3.05, 3.63) is 46.7 Å². The zero-order valence-corrected chi connectivity index (χ0v) is 12.2. The van der Waals surface area contributed by atoms with Crippen LogP contribution in [0.4, 0.5) is 0 Å². The lowest BCUT2D eigenvalue weighted by molar-refractivity contribution is 0.441. The van der Waals surface area contributed by atoms with Crippen molar-refractivity contribution in [2.24, 2.45) is 0 Å². The topological polar surface area (TPSA) is 35.0 Å². The summed E-state index contributed by atoms with van der Waals surface area (Å²) in [6, 6.07) is 5.87. The van der Waals surface area contributed by atoms with Crippen molar-refractivity contribution in [2.45, 2.75) is 18.7 Å². The van der Waals surface area contributed by atoms with Crippen LogP contribution in [0, 0.1) is 0 Å². The minimum atomic E-state index is 0.337. The largest absolute Gasteiger partial charge is 0.424 e. The summed E-state index contributed by atoms with van der Waals surface area (Å²) in [5.74, 6) is 0.697. The summed E-state index contributed by atoms with van der Waals surface area (Å²) in [6.07, 6.45) is 4.32. The second-order valence-electron chi connectivity index (χ2n) is 3.72. The molecule has 0 saturated carbocycles. The molecule has 2 aromatic rings. The SMILES string of the molecule is CCc1cc(Oc2ncc(CBr)cn2)ccc1Cl. The first kappa shape index (κ1) is 13.3. The smallest absolute Gasteiger partial charge is 0.321 e. The lowest BCUT2D eigenvalue weighted by Gasteiger charge is -2.06. The zero-order valence-electron chi connectivity index (χ0n) is 9.86. The second-order valence-corrected chi connectivity index (χ2v) is 4.68. The van der Waals surface area contributed by atoms with Crippen LogP contribution in [0.5, 0.6) is 11.8 Å². The second kappa shape index (κ2) is 6.16. The van der Waals surface area contributed by atoms with Crippen molar-refractivity contribution in [3.8, 4) is 11.8 Å². The molecule has 0 N–H and O–H groups in total. The van der Waals surface area contributed by atoms with E-state index >= 15 is 0 Å². The molecule has 0 aliphatic carbocycles. The zero-order chi connectivity index (χ0) is 13.0. The molecule has 0 radical (unpaired) electrons. The van der Waals surface area contributed by atoms with Crippen LogP contribution in [0.1, 0.15) is 18.1 Å². The summed E-state index contributed by atoms with van der Waals surface area (Å²) in [7, 11) is 0. The van der Waals surface area contributed by atoms with Crippen molar-refractivity contribution in [2.75, 3.05) is 0 Å². The number of aromatic nitrogens is 2. The van der Waals surface area contributed by atoms with Gasteiger partial charge >= 0.3 is 6.01 Å². The lowest BCUT2D eigenvalue weighted by Crippen LogP contribution is -1.93. The minimum absolute atomic E-state index is 0.337. The highest BCUT2D eigenvalue weighted by Crippen LogP contribution is 2.25. The number of aryl methyl sites for hydroxylation is 1. The molecule has 1 aromatic heterocycles. The summed E-state index contributed by atoms with van der Waals surface area (Å²) >= 11 is 9.39. The summed E-state index contributed by atoms with van der Waals surface area (Å²) < 4.78 is 5.58. The number of rotatable bonds is 4. The maximum Gasteiger partial charge on any atom is 0.321 e. The molecule has 0 saturated heterocycles. The summed E-state index contributed by atoms with van der Waals surface area (Å²) in [5.41, 5.74) is 2.05. The molecule has 18 heavy (non-hydrogen) atoms. The number of hydrogen-bond acceptors (Lipinski definition) is 3. The van der Waals surface area contributed by atoms with Crippen LogP contribution in [0.15, 0.2) is 30.6 Å². The fourth-order valence-electron chi connectivity index (χ4n) is 1.46. The van der Waals surface area contributed by atoms with Crippen molar-refractivity contribution in [1.29, 1.82) is 0 Å². The highest BCUT2D eigenvalue weighted by molar-refractivity contribution is 9.08. The molecule has 2 rings (SSSR count). The van der Waals surface area contributed by atoms with Crippen molar-refractivity contribution >= 4 is 27.5 Å². The molecular formula is C13H12BrClN2O. The third-order valence-electron chi connectivity index (χ3n) is 2.44. The van der Waals surface area contributed by atoms with Crippen molar-refractivity contribution in [3.63, 3.8) is 0 Å². The van der Waals surface area contributed by atoms with Gasteiger partial charge in [-0.2, -0.15) is 0 Å². The Morgan fingerprint density at radius 3 is 2.61 bits per heavy atom. The first-order valence-corrected chi connectivity index (χ1v) is 7.06. The predicted molar refractivity (Wildman–Crippen MR) is 75.6 cm³/mol. The first-order valence-electron chi connectivity index (χ1n) is 5.56. The molecule has 0 bridgehead atoms. The van der Waals surface area contributed by atoms with Gasteiger partial charge in [-0.25, -0.2) is 9.97 Å². The molecule has 0 amide bonds. The predicted octanol–water partition coefficient (Wildman–Crippen LogP) is 4.38. The fourth-order valence-corrected chi connectivity index (χ4v) is 2.00. The van der Waals surface area contributed by atoms with E-state index in [1.165, 1.54) is 0 Å². The van der Waals surface area contributed by atoms with Gasteiger partial charge in [-0.3, -0.25) is 0 Å². The van der Waals surface area contributed by atoms with Crippen molar-refractivity contribution < 1.29 is 4.74 Å². The average Bonchev–Trinajstić information content (AvgIpc) is 2.42. The Morgan fingerprint density at radius 1 is 1.28 bits per heavy atom. The van der Waals surface area contributed by atoms with Gasteiger partial charge in [0.1, 0.15) is 5.75 Å². The summed E-state index contributed by atoms with van der Waals surface area (Å²) in [5, 5.41) is 1.48. The minimum Gasteiger partial charge on any atom is -0.424 e. The van der Waals surface area contributed by atoms with E-state index in [2.05, 4.69) is 25.9 Å². The summed E-state index contributed by atoms with van der Waals surface area (Å²) in [4.78, 5) is 8.25. The van der Waals surface area contributed by atoms with E-state index < -0.39 is 0 Å². The van der Waals surface area contributed by atoms with Crippen LogP contribution < -0.4 is 4.74 Å². The van der Waals surface area contributed by atoms with Gasteiger partial charge in [0, 0.05) is 22.7 Å². The van der Waals surface area contributed by atoms with Gasteiger partial charge in [0.05, 0.1) is 0 Å². The average molecular weight is 328 g/mol. The molecule has 0 fully saturated rings. The Hall–Kier alpha value is -1.13. The Balaban J connectivity index is 2.17. The third-order valence-corrected chi connectivity index (χ3v) is 3.46. The maximum atomic E-state index is 6.05. The molecule has 0 aliphatic rings. The number of halogens is 2. The van der Waals surface area contributed by atoms with Gasteiger partial charge in [-0.1, -0.05) is 34.5 Å². The van der Waals surface area contributed by atoms with Crippen LogP contribution in [0.3, 0.4) is 0 Å². The number of benzene rings is 1. The van der Waals surface area contributed by atoms with Gasteiger partial charge in [0.2, 0.25) is 0 Å². The van der Waals surface area contributed by atoms with Crippen molar-refractivity contribution in [1.82, 2.24) is 9.97 Å². The normalized spacial score (nSPS) is 10.4. The molecule has 0 spiro atoms. The fraction of sp³-hybridized carbons (Fsp3) is 0.231. The molecule has 94 valence electrons. The highest BCUT2D eigenvalue weighted by atomic mass is 79.9. The Labute approximate surface area is 119 Å². The monoisotopic (exact) mass is 326 g/mol. The van der Waals surface area contributed by atoms with Crippen LogP contribution in [-0.2, 0) is 11.8 Å². The molecule has 0 atom stereocenters. The quantitative estimate of drug-likeness (QED) is 0.782. The van der Waals surface area contributed by atoms with Crippen LogP contribution >= 0.6 is 27.5 Å². The standard InChI is InChI=1S/C13H12BrClN2O/c1-2-10-5-11(3-4-12(10)15)18-13-16-7-9(6-14)8-17-13/h3-5,7-8H,2,6H2,1H3. The van der Waals surface area contributed by atoms with Gasteiger partial charge < -0.3 is 4.74 Å². The number of alkyl halides is 1. The number of ether oxygens (including phenoxy) is 1. The van der Waals surface area contributed by atoms with E-state index in [1.807, 2.05) is 25.1 Å². The Kier molecular flexibility index (Phi) is 4.55. The Bertz CT molecular complexity index is 531. The van der Waals surface area contributed by atoms with Crippen LogP contribution in [0.25, 0.3) is 0 Å². The van der Waals surface area contributed by atoms with Crippen LogP contribution in [0.2, 0.25) is 5.02 Å². The maximum absolute atomic E-state index is 6.05. The molecule has 1 heterocycles. The van der Waals surface area contributed by atoms with E-state index in [4.69, 9.17) is 16.3 Å². The lowest BCUT2D eigenvalue weighted by atomic mass is 10.1. The van der Waals surface area contributed by atoms with E-state index in [9.17, 15) is 0 Å². The summed E-state index contributed by atoms with van der Waals surface area (Å²) in [6.45, 7) is 2.05. The molecule has 5 heteroatoms. The highest BCUT2D eigenvalue weighted by Gasteiger charge is 2.04. The molecule has 0 aliphatic heterocycles. The molecular weight excluding hydrogens is 316 g/mol.